The standard InChI is InChI=1S/C22H22N4O3/c1-14-17(8-10-29-14)20-11-21-23-19-7-9-25(13-18(19)22(27)26(21)24-20)12-15-3-5-16(28-2)6-4-15/h3-6,8,10-11,24H,7,9,12-13H2,1-2H3. The summed E-state index contributed by atoms with van der Waals surface area (Å²) in [6.07, 6.45) is 2.41. The number of nitrogens with zero attached hydrogens (tertiary/aromatic N) is 3. The van der Waals surface area contributed by atoms with Crippen LogP contribution in [0.2, 0.25) is 0 Å². The van der Waals surface area contributed by atoms with Crippen LogP contribution in [0, 0.1) is 6.92 Å². The molecular weight excluding hydrogens is 368 g/mol. The van der Waals surface area contributed by atoms with Crippen LogP contribution in [-0.4, -0.2) is 33.2 Å². The minimum Gasteiger partial charge on any atom is -0.497 e. The second-order valence-electron chi connectivity index (χ2n) is 7.40. The van der Waals surface area contributed by atoms with E-state index >= 15 is 0 Å². The fourth-order valence-corrected chi connectivity index (χ4v) is 3.96. The predicted molar refractivity (Wildman–Crippen MR) is 109 cm³/mol. The Hall–Kier alpha value is -3.32. The van der Waals surface area contributed by atoms with Crippen molar-refractivity contribution in [3.05, 3.63) is 75.6 Å². The molecule has 4 aromatic rings. The lowest BCUT2D eigenvalue weighted by Crippen LogP contribution is -2.36. The zero-order valence-electron chi connectivity index (χ0n) is 16.4. The number of ether oxygens (including phenoxy) is 1. The Balaban J connectivity index is 1.45. The highest BCUT2D eigenvalue weighted by Gasteiger charge is 2.23. The van der Waals surface area contributed by atoms with Crippen molar-refractivity contribution in [1.82, 2.24) is 19.5 Å². The maximum absolute atomic E-state index is 13.1. The van der Waals surface area contributed by atoms with Crippen molar-refractivity contribution < 1.29 is 9.15 Å². The third-order valence-corrected chi connectivity index (χ3v) is 5.55. The average Bonchev–Trinajstić information content (AvgIpc) is 3.35. The van der Waals surface area contributed by atoms with E-state index < -0.39 is 0 Å². The molecule has 1 aliphatic heterocycles. The number of H-pyrrole nitrogens is 1. The molecule has 0 amide bonds. The summed E-state index contributed by atoms with van der Waals surface area (Å²) in [6.45, 7) is 4.16. The van der Waals surface area contributed by atoms with E-state index in [0.717, 1.165) is 53.5 Å². The van der Waals surface area contributed by atoms with E-state index in [1.165, 1.54) is 10.1 Å². The summed E-state index contributed by atoms with van der Waals surface area (Å²) in [6, 6.07) is 11.8. The molecule has 0 saturated heterocycles. The van der Waals surface area contributed by atoms with Crippen LogP contribution >= 0.6 is 0 Å². The van der Waals surface area contributed by atoms with Gasteiger partial charge in [0, 0.05) is 37.7 Å². The number of hydrogen-bond donors (Lipinski definition) is 1. The Kier molecular flexibility index (Phi) is 4.24. The highest BCUT2D eigenvalue weighted by molar-refractivity contribution is 5.65. The van der Waals surface area contributed by atoms with E-state index in [2.05, 4.69) is 22.1 Å². The molecule has 0 aliphatic carbocycles. The number of rotatable bonds is 4. The van der Waals surface area contributed by atoms with Crippen molar-refractivity contribution >= 4 is 5.65 Å². The molecule has 0 radical (unpaired) electrons. The summed E-state index contributed by atoms with van der Waals surface area (Å²) >= 11 is 0. The fourth-order valence-electron chi connectivity index (χ4n) is 3.96. The van der Waals surface area contributed by atoms with Crippen molar-refractivity contribution in [2.24, 2.45) is 0 Å². The van der Waals surface area contributed by atoms with Gasteiger partial charge in [0.2, 0.25) is 0 Å². The maximum Gasteiger partial charge on any atom is 0.277 e. The molecule has 7 heteroatoms. The first-order valence-electron chi connectivity index (χ1n) is 9.65. The van der Waals surface area contributed by atoms with Crippen molar-refractivity contribution in [2.75, 3.05) is 13.7 Å². The summed E-state index contributed by atoms with van der Waals surface area (Å²) in [5.41, 5.74) is 5.24. The van der Waals surface area contributed by atoms with Gasteiger partial charge in [-0.3, -0.25) is 14.8 Å². The van der Waals surface area contributed by atoms with Crippen molar-refractivity contribution in [2.45, 2.75) is 26.4 Å². The molecule has 7 nitrogen and oxygen atoms in total. The Morgan fingerprint density at radius 1 is 1.24 bits per heavy atom. The van der Waals surface area contributed by atoms with E-state index in [0.29, 0.717) is 12.2 Å². The maximum atomic E-state index is 13.1. The van der Waals surface area contributed by atoms with Crippen LogP contribution in [0.3, 0.4) is 0 Å². The molecule has 0 fully saturated rings. The van der Waals surface area contributed by atoms with Gasteiger partial charge < -0.3 is 9.15 Å². The van der Waals surface area contributed by atoms with Crippen LogP contribution in [0.4, 0.5) is 0 Å². The molecule has 1 N–H and O–H groups in total. The van der Waals surface area contributed by atoms with E-state index in [1.54, 1.807) is 13.4 Å². The van der Waals surface area contributed by atoms with Gasteiger partial charge in [-0.25, -0.2) is 9.50 Å². The molecule has 0 atom stereocenters. The molecule has 4 heterocycles. The number of nitrogens with one attached hydrogen (secondary N) is 1. The predicted octanol–water partition coefficient (Wildman–Crippen LogP) is 3.16. The van der Waals surface area contributed by atoms with Crippen LogP contribution in [0.15, 0.2) is 51.9 Å². The molecule has 0 spiro atoms. The Labute approximate surface area is 167 Å². The molecule has 29 heavy (non-hydrogen) atoms. The van der Waals surface area contributed by atoms with Gasteiger partial charge in [-0.1, -0.05) is 12.1 Å². The molecule has 0 unspecified atom stereocenters. The number of aromatic nitrogens is 3. The van der Waals surface area contributed by atoms with Gasteiger partial charge in [0.15, 0.2) is 5.65 Å². The number of fused-ring (bicyclic) bond motifs is 2. The smallest absolute Gasteiger partial charge is 0.277 e. The molecule has 0 bridgehead atoms. The molecule has 0 saturated carbocycles. The molecule has 1 aliphatic rings. The number of methoxy groups -OCH3 is 1. The molecule has 3 aromatic heterocycles. The van der Waals surface area contributed by atoms with Gasteiger partial charge in [0.1, 0.15) is 11.5 Å². The van der Waals surface area contributed by atoms with Crippen molar-refractivity contribution in [3.63, 3.8) is 0 Å². The van der Waals surface area contributed by atoms with Crippen LogP contribution in [-0.2, 0) is 19.5 Å². The molecular formula is C22H22N4O3. The number of aromatic amines is 1. The number of aryl methyl sites for hydroxylation is 1. The van der Waals surface area contributed by atoms with E-state index in [1.807, 2.05) is 31.2 Å². The Morgan fingerprint density at radius 3 is 2.79 bits per heavy atom. The Bertz CT molecular complexity index is 1230. The summed E-state index contributed by atoms with van der Waals surface area (Å²) in [4.78, 5) is 20.2. The summed E-state index contributed by atoms with van der Waals surface area (Å²) in [7, 11) is 1.66. The van der Waals surface area contributed by atoms with Crippen LogP contribution in [0.25, 0.3) is 16.9 Å². The quantitative estimate of drug-likeness (QED) is 0.579. The van der Waals surface area contributed by atoms with Gasteiger partial charge in [-0.05, 0) is 30.7 Å². The Morgan fingerprint density at radius 2 is 2.07 bits per heavy atom. The zero-order chi connectivity index (χ0) is 20.0. The lowest BCUT2D eigenvalue weighted by molar-refractivity contribution is 0.241. The SMILES string of the molecule is COc1ccc(CN2CCc3nc4cc(-c5ccoc5C)[nH]n4c(=O)c3C2)cc1. The summed E-state index contributed by atoms with van der Waals surface area (Å²) in [5, 5.41) is 3.18. The number of furan rings is 1. The minimum atomic E-state index is -0.0307. The first kappa shape index (κ1) is 17.8. The second kappa shape index (κ2) is 6.93. The summed E-state index contributed by atoms with van der Waals surface area (Å²) < 4.78 is 12.2. The topological polar surface area (TPSA) is 75.8 Å². The zero-order valence-corrected chi connectivity index (χ0v) is 16.4. The summed E-state index contributed by atoms with van der Waals surface area (Å²) in [5.74, 6) is 1.65. The number of benzene rings is 1. The first-order chi connectivity index (χ1) is 14.1. The highest BCUT2D eigenvalue weighted by Crippen LogP contribution is 2.24. The highest BCUT2D eigenvalue weighted by atomic mass is 16.5. The number of hydrogen-bond acceptors (Lipinski definition) is 5. The molecule has 148 valence electrons. The molecule has 5 rings (SSSR count). The second-order valence-corrected chi connectivity index (χ2v) is 7.40. The lowest BCUT2D eigenvalue weighted by atomic mass is 10.1. The van der Waals surface area contributed by atoms with Gasteiger partial charge in [0.25, 0.3) is 5.56 Å². The van der Waals surface area contributed by atoms with Crippen LogP contribution in [0.5, 0.6) is 5.75 Å². The normalized spacial score (nSPS) is 14.3. The van der Waals surface area contributed by atoms with Gasteiger partial charge in [-0.15, -0.1) is 0 Å². The minimum absolute atomic E-state index is 0.0307. The average molecular weight is 390 g/mol. The van der Waals surface area contributed by atoms with Crippen LogP contribution < -0.4 is 10.3 Å². The van der Waals surface area contributed by atoms with Gasteiger partial charge in [-0.2, -0.15) is 0 Å². The van der Waals surface area contributed by atoms with Crippen molar-refractivity contribution in [1.29, 1.82) is 0 Å². The van der Waals surface area contributed by atoms with E-state index in [4.69, 9.17) is 14.1 Å². The monoisotopic (exact) mass is 390 g/mol. The van der Waals surface area contributed by atoms with Gasteiger partial charge >= 0.3 is 0 Å². The van der Waals surface area contributed by atoms with Crippen molar-refractivity contribution in [3.8, 4) is 17.0 Å². The lowest BCUT2D eigenvalue weighted by Gasteiger charge is -2.27. The van der Waals surface area contributed by atoms with E-state index in [-0.39, 0.29) is 5.56 Å². The van der Waals surface area contributed by atoms with Gasteiger partial charge in [0.05, 0.1) is 30.3 Å². The van der Waals surface area contributed by atoms with E-state index in [9.17, 15) is 4.79 Å². The fraction of sp³-hybridized carbons (Fsp3) is 0.273. The third kappa shape index (κ3) is 3.13. The molecule has 1 aromatic carbocycles. The largest absolute Gasteiger partial charge is 0.497 e. The van der Waals surface area contributed by atoms with Crippen LogP contribution in [0.1, 0.15) is 22.6 Å². The third-order valence-electron chi connectivity index (χ3n) is 5.55. The first-order valence-corrected chi connectivity index (χ1v) is 9.65.